The highest BCUT2D eigenvalue weighted by atomic mass is 35.5. The van der Waals surface area contributed by atoms with Crippen LogP contribution in [0.3, 0.4) is 0 Å². The topological polar surface area (TPSA) is 90.7 Å². The fourth-order valence-corrected chi connectivity index (χ4v) is 2.04. The zero-order valence-corrected chi connectivity index (χ0v) is 9.98. The van der Waals surface area contributed by atoms with Gasteiger partial charge in [0, 0.05) is 23.2 Å². The van der Waals surface area contributed by atoms with Crippen LogP contribution in [-0.2, 0) is 6.42 Å². The van der Waals surface area contributed by atoms with E-state index in [2.05, 4.69) is 4.98 Å². The Morgan fingerprint density at radius 3 is 2.72 bits per heavy atom. The van der Waals surface area contributed by atoms with Gasteiger partial charge in [0.25, 0.3) is 0 Å². The number of aromatic nitrogens is 1. The molecule has 0 amide bonds. The van der Waals surface area contributed by atoms with Crippen molar-refractivity contribution in [3.05, 3.63) is 34.5 Å². The summed E-state index contributed by atoms with van der Waals surface area (Å²) in [7, 11) is 0. The molecule has 0 spiro atoms. The Balaban J connectivity index is 2.77. The van der Waals surface area contributed by atoms with Crippen molar-refractivity contribution in [1.82, 2.24) is 4.98 Å². The lowest BCUT2D eigenvalue weighted by Crippen LogP contribution is -2.01. The average molecular weight is 268 g/mol. The highest BCUT2D eigenvalue weighted by molar-refractivity contribution is 6.32. The number of benzene rings is 1. The minimum Gasteiger partial charge on any atom is -0.506 e. The van der Waals surface area contributed by atoms with Crippen LogP contribution in [0.2, 0.25) is 5.02 Å². The molecule has 1 aromatic heterocycles. The summed E-state index contributed by atoms with van der Waals surface area (Å²) < 4.78 is 0. The highest BCUT2D eigenvalue weighted by Gasteiger charge is 2.16. The van der Waals surface area contributed by atoms with Gasteiger partial charge in [0.2, 0.25) is 0 Å². The van der Waals surface area contributed by atoms with E-state index in [1.807, 2.05) is 0 Å². The van der Waals surface area contributed by atoms with Crippen LogP contribution in [0, 0.1) is 0 Å². The maximum Gasteiger partial charge on any atom is 0.341 e. The van der Waals surface area contributed by atoms with Crippen LogP contribution in [-0.4, -0.2) is 32.9 Å². The van der Waals surface area contributed by atoms with E-state index in [0.717, 1.165) is 6.20 Å². The van der Waals surface area contributed by atoms with Gasteiger partial charge >= 0.3 is 5.97 Å². The molecule has 0 atom stereocenters. The fourth-order valence-electron chi connectivity index (χ4n) is 1.79. The molecule has 1 heterocycles. The second kappa shape index (κ2) is 4.80. The van der Waals surface area contributed by atoms with Crippen molar-refractivity contribution in [3.8, 4) is 5.75 Å². The predicted molar refractivity (Wildman–Crippen MR) is 66.2 cm³/mol. The SMILES string of the molecule is O=C(O)c1cnc2c(CCO)c(Cl)ccc2c1O. The number of carbonyl (C=O) groups is 1. The van der Waals surface area contributed by atoms with Crippen LogP contribution in [0.5, 0.6) is 5.75 Å². The van der Waals surface area contributed by atoms with Gasteiger partial charge in [-0.15, -0.1) is 0 Å². The minimum atomic E-state index is -1.25. The molecule has 0 bridgehead atoms. The van der Waals surface area contributed by atoms with Gasteiger partial charge in [-0.05, 0) is 24.1 Å². The quantitative estimate of drug-likeness (QED) is 0.789. The summed E-state index contributed by atoms with van der Waals surface area (Å²) in [5.41, 5.74) is 0.725. The number of hydrogen-bond acceptors (Lipinski definition) is 4. The molecule has 0 aliphatic heterocycles. The Morgan fingerprint density at radius 1 is 1.39 bits per heavy atom. The Bertz CT molecular complexity index is 627. The summed E-state index contributed by atoms with van der Waals surface area (Å²) >= 11 is 5.99. The molecule has 2 aromatic rings. The molecular weight excluding hydrogens is 258 g/mol. The molecule has 0 radical (unpaired) electrons. The lowest BCUT2D eigenvalue weighted by Gasteiger charge is -2.09. The Labute approximate surface area is 107 Å². The first-order chi connectivity index (χ1) is 8.56. The van der Waals surface area contributed by atoms with Gasteiger partial charge in [-0.25, -0.2) is 4.79 Å². The van der Waals surface area contributed by atoms with Crippen molar-refractivity contribution in [2.45, 2.75) is 6.42 Å². The van der Waals surface area contributed by atoms with Crippen LogP contribution < -0.4 is 0 Å². The van der Waals surface area contributed by atoms with E-state index < -0.39 is 5.97 Å². The van der Waals surface area contributed by atoms with E-state index in [1.165, 1.54) is 6.07 Å². The lowest BCUT2D eigenvalue weighted by molar-refractivity contribution is 0.0693. The van der Waals surface area contributed by atoms with Crippen LogP contribution >= 0.6 is 11.6 Å². The summed E-state index contributed by atoms with van der Waals surface area (Å²) in [5, 5.41) is 28.5. The van der Waals surface area contributed by atoms with Crippen LogP contribution in [0.15, 0.2) is 18.3 Å². The largest absolute Gasteiger partial charge is 0.506 e. The number of aliphatic hydroxyl groups is 1. The van der Waals surface area contributed by atoms with Crippen molar-refractivity contribution in [2.24, 2.45) is 0 Å². The van der Waals surface area contributed by atoms with Crippen molar-refractivity contribution in [3.63, 3.8) is 0 Å². The third-order valence-corrected chi connectivity index (χ3v) is 3.00. The van der Waals surface area contributed by atoms with E-state index in [-0.39, 0.29) is 24.3 Å². The predicted octanol–water partition coefficient (Wildman–Crippen LogP) is 1.83. The molecule has 1 aromatic carbocycles. The second-order valence-electron chi connectivity index (χ2n) is 3.72. The van der Waals surface area contributed by atoms with Gasteiger partial charge in [0.05, 0.1) is 5.52 Å². The highest BCUT2D eigenvalue weighted by Crippen LogP contribution is 2.32. The Kier molecular flexibility index (Phi) is 3.36. The number of halogens is 1. The molecule has 0 saturated carbocycles. The molecule has 5 nitrogen and oxygen atoms in total. The number of aliphatic hydroxyl groups excluding tert-OH is 1. The number of hydrogen-bond donors (Lipinski definition) is 3. The maximum atomic E-state index is 10.9. The van der Waals surface area contributed by atoms with E-state index in [1.54, 1.807) is 6.07 Å². The fraction of sp³-hybridized carbons (Fsp3) is 0.167. The molecule has 3 N–H and O–H groups in total. The van der Waals surface area contributed by atoms with Crippen LogP contribution in [0.4, 0.5) is 0 Å². The van der Waals surface area contributed by atoms with Gasteiger partial charge in [-0.3, -0.25) is 4.98 Å². The third-order valence-electron chi connectivity index (χ3n) is 2.65. The number of carboxylic acid groups (broad SMARTS) is 1. The van der Waals surface area contributed by atoms with Gasteiger partial charge in [-0.2, -0.15) is 0 Å². The van der Waals surface area contributed by atoms with Crippen molar-refractivity contribution in [2.75, 3.05) is 6.61 Å². The third kappa shape index (κ3) is 1.98. The normalized spacial score (nSPS) is 10.8. The average Bonchev–Trinajstić information content (AvgIpc) is 2.33. The summed E-state index contributed by atoms with van der Waals surface area (Å²) in [6, 6.07) is 3.05. The standard InChI is InChI=1S/C12H10ClNO4/c13-9-2-1-7-10(6(9)3-4-15)14-5-8(11(7)16)12(17)18/h1-2,5,15H,3-4H2,(H,14,16)(H,17,18). The number of aromatic carboxylic acids is 1. The number of aromatic hydroxyl groups is 1. The first-order valence-electron chi connectivity index (χ1n) is 5.19. The zero-order valence-electron chi connectivity index (χ0n) is 9.22. The van der Waals surface area contributed by atoms with Gasteiger partial charge in [-0.1, -0.05) is 11.6 Å². The maximum absolute atomic E-state index is 10.9. The molecule has 94 valence electrons. The van der Waals surface area contributed by atoms with Gasteiger partial charge in [0.15, 0.2) is 0 Å². The first-order valence-corrected chi connectivity index (χ1v) is 5.57. The molecule has 0 saturated heterocycles. The molecule has 6 heteroatoms. The Hall–Kier alpha value is -1.85. The van der Waals surface area contributed by atoms with Crippen LogP contribution in [0.1, 0.15) is 15.9 Å². The number of nitrogens with zero attached hydrogens (tertiary/aromatic N) is 1. The smallest absolute Gasteiger partial charge is 0.341 e. The van der Waals surface area contributed by atoms with Crippen molar-refractivity contribution < 1.29 is 20.1 Å². The molecule has 2 rings (SSSR count). The van der Waals surface area contributed by atoms with E-state index in [9.17, 15) is 9.90 Å². The number of pyridine rings is 1. The molecule has 0 fully saturated rings. The van der Waals surface area contributed by atoms with Crippen molar-refractivity contribution >= 4 is 28.5 Å². The van der Waals surface area contributed by atoms with E-state index in [0.29, 0.717) is 21.5 Å². The lowest BCUT2D eigenvalue weighted by atomic mass is 10.0. The van der Waals surface area contributed by atoms with E-state index >= 15 is 0 Å². The Morgan fingerprint density at radius 2 is 2.11 bits per heavy atom. The first kappa shape index (κ1) is 12.6. The molecular formula is C12H10ClNO4. The van der Waals surface area contributed by atoms with Gasteiger partial charge < -0.3 is 15.3 Å². The zero-order chi connectivity index (χ0) is 13.3. The monoisotopic (exact) mass is 267 g/mol. The number of carboxylic acids is 1. The van der Waals surface area contributed by atoms with Gasteiger partial charge in [0.1, 0.15) is 11.3 Å². The van der Waals surface area contributed by atoms with Crippen LogP contribution in [0.25, 0.3) is 10.9 Å². The second-order valence-corrected chi connectivity index (χ2v) is 4.13. The summed E-state index contributed by atoms with van der Waals surface area (Å²) in [6.45, 7) is -0.109. The molecule has 0 aliphatic carbocycles. The number of fused-ring (bicyclic) bond motifs is 1. The minimum absolute atomic E-state index is 0.109. The summed E-state index contributed by atoms with van der Waals surface area (Å²) in [4.78, 5) is 14.9. The van der Waals surface area contributed by atoms with Crippen molar-refractivity contribution in [1.29, 1.82) is 0 Å². The van der Waals surface area contributed by atoms with E-state index in [4.69, 9.17) is 21.8 Å². The molecule has 0 unspecified atom stereocenters. The number of rotatable bonds is 3. The summed E-state index contributed by atoms with van der Waals surface area (Å²) in [5.74, 6) is -1.59. The molecule has 18 heavy (non-hydrogen) atoms. The summed E-state index contributed by atoms with van der Waals surface area (Å²) in [6.07, 6.45) is 1.37. The molecule has 0 aliphatic rings.